The molecule has 0 spiro atoms. The van der Waals surface area contributed by atoms with Gasteiger partial charge in [0.2, 0.25) is 5.95 Å². The quantitative estimate of drug-likeness (QED) is 0.217. The Hall–Kier alpha value is -5.25. The van der Waals surface area contributed by atoms with E-state index in [-0.39, 0.29) is 0 Å². The summed E-state index contributed by atoms with van der Waals surface area (Å²) in [6, 6.07) is 24.9. The highest BCUT2D eigenvalue weighted by Crippen LogP contribution is 2.24. The van der Waals surface area contributed by atoms with Gasteiger partial charge in [-0.3, -0.25) is 9.59 Å². The Morgan fingerprint density at radius 1 is 0.925 bits per heavy atom. The number of amides is 1. The molecule has 5 aromatic rings. The average molecular weight is 540 g/mol. The number of pyridine rings is 1. The molecule has 0 aliphatic carbocycles. The lowest BCUT2D eigenvalue weighted by atomic mass is 10.1. The Balaban J connectivity index is 0.000000234. The van der Waals surface area contributed by atoms with E-state index in [0.717, 1.165) is 33.8 Å². The molecule has 2 aromatic carbocycles. The van der Waals surface area contributed by atoms with Crippen molar-refractivity contribution in [1.82, 2.24) is 25.3 Å². The van der Waals surface area contributed by atoms with E-state index in [1.165, 1.54) is 0 Å². The number of rotatable bonds is 7. The minimum absolute atomic E-state index is 0.396. The second-order valence-corrected chi connectivity index (χ2v) is 8.16. The van der Waals surface area contributed by atoms with Crippen molar-refractivity contribution in [3.63, 3.8) is 0 Å². The van der Waals surface area contributed by atoms with Crippen LogP contribution in [-0.2, 0) is 4.79 Å². The molecule has 4 N–H and O–H groups in total. The normalized spacial score (nSPS) is 9.90. The predicted molar refractivity (Wildman–Crippen MR) is 159 cm³/mol. The van der Waals surface area contributed by atoms with Crippen molar-refractivity contribution in [3.8, 4) is 11.4 Å². The molecule has 10 nitrogen and oxygen atoms in total. The molecule has 40 heavy (non-hydrogen) atoms. The number of nitrogens with one attached hydrogen (secondary N) is 3. The van der Waals surface area contributed by atoms with Crippen LogP contribution in [0.2, 0.25) is 0 Å². The van der Waals surface area contributed by atoms with Crippen LogP contribution in [0.4, 0.5) is 17.5 Å². The number of carbonyl (C=O) groups excluding carboxylic acids is 1. The first kappa shape index (κ1) is 29.3. The summed E-state index contributed by atoms with van der Waals surface area (Å²) >= 11 is 0. The number of fused-ring (bicyclic) bond motifs is 1. The maximum absolute atomic E-state index is 11.9. The van der Waals surface area contributed by atoms with E-state index < -0.39 is 18.4 Å². The molecule has 0 saturated heterocycles. The van der Waals surface area contributed by atoms with Crippen LogP contribution in [0, 0.1) is 0 Å². The van der Waals surface area contributed by atoms with Crippen molar-refractivity contribution < 1.29 is 14.7 Å². The first-order valence-corrected chi connectivity index (χ1v) is 12.8. The maximum atomic E-state index is 11.9. The van der Waals surface area contributed by atoms with E-state index in [1.54, 1.807) is 43.7 Å². The lowest BCUT2D eigenvalue weighted by Crippen LogP contribution is -2.29. The number of anilines is 3. The second kappa shape index (κ2) is 14.6. The highest BCUT2D eigenvalue weighted by Gasteiger charge is 2.11. The molecule has 3 aromatic heterocycles. The third-order valence-electron chi connectivity index (χ3n) is 5.57. The monoisotopic (exact) mass is 539 g/mol. The highest BCUT2D eigenvalue weighted by atomic mass is 16.4. The number of nitrogens with zero attached hydrogens (tertiary/aromatic N) is 4. The van der Waals surface area contributed by atoms with Crippen LogP contribution in [0.25, 0.3) is 22.3 Å². The number of carboxylic acids is 1. The summed E-state index contributed by atoms with van der Waals surface area (Å²) in [5, 5.41) is 14.7. The van der Waals surface area contributed by atoms with Crippen molar-refractivity contribution in [2.75, 3.05) is 30.9 Å². The summed E-state index contributed by atoms with van der Waals surface area (Å²) in [6.45, 7) is 3.59. The largest absolute Gasteiger partial charge is 0.480 e. The van der Waals surface area contributed by atoms with Gasteiger partial charge in [-0.05, 0) is 54.6 Å². The molecule has 5 rings (SSSR count). The van der Waals surface area contributed by atoms with Gasteiger partial charge in [0.1, 0.15) is 12.4 Å². The van der Waals surface area contributed by atoms with Crippen molar-refractivity contribution in [2.45, 2.75) is 13.8 Å². The third-order valence-corrected chi connectivity index (χ3v) is 5.57. The fourth-order valence-electron chi connectivity index (χ4n) is 3.63. The van der Waals surface area contributed by atoms with Gasteiger partial charge in [-0.15, -0.1) is 0 Å². The number of hydrogen-bond donors (Lipinski definition) is 4. The van der Waals surface area contributed by atoms with Crippen LogP contribution >= 0.6 is 0 Å². The summed E-state index contributed by atoms with van der Waals surface area (Å²) in [7, 11) is 3.75. The van der Waals surface area contributed by atoms with Gasteiger partial charge < -0.3 is 25.6 Å². The van der Waals surface area contributed by atoms with E-state index in [2.05, 4.69) is 47.6 Å². The van der Waals surface area contributed by atoms with Gasteiger partial charge in [-0.1, -0.05) is 38.1 Å². The van der Waals surface area contributed by atoms with Crippen LogP contribution in [0.5, 0.6) is 0 Å². The minimum Gasteiger partial charge on any atom is -0.480 e. The van der Waals surface area contributed by atoms with E-state index in [1.807, 2.05) is 63.4 Å². The van der Waals surface area contributed by atoms with Crippen molar-refractivity contribution in [3.05, 3.63) is 96.8 Å². The van der Waals surface area contributed by atoms with Crippen LogP contribution in [0.15, 0.2) is 91.3 Å². The van der Waals surface area contributed by atoms with E-state index >= 15 is 0 Å². The molecule has 0 saturated carbocycles. The van der Waals surface area contributed by atoms with Crippen molar-refractivity contribution in [1.29, 1.82) is 0 Å². The molecule has 0 fully saturated rings. The number of benzene rings is 2. The van der Waals surface area contributed by atoms with Crippen LogP contribution in [0.1, 0.15) is 24.2 Å². The zero-order valence-corrected chi connectivity index (χ0v) is 22.9. The Morgan fingerprint density at radius 3 is 2.35 bits per heavy atom. The zero-order valence-electron chi connectivity index (χ0n) is 22.9. The van der Waals surface area contributed by atoms with Crippen LogP contribution < -0.4 is 15.5 Å². The second-order valence-electron chi connectivity index (χ2n) is 8.16. The number of H-pyrrole nitrogens is 1. The van der Waals surface area contributed by atoms with Crippen LogP contribution in [-0.4, -0.2) is 57.6 Å². The number of aromatic nitrogens is 4. The van der Waals surface area contributed by atoms with Gasteiger partial charge in [0, 0.05) is 48.6 Å². The summed E-state index contributed by atoms with van der Waals surface area (Å²) in [4.78, 5) is 40.5. The molecular formula is C30H33N7O3. The fourth-order valence-corrected chi connectivity index (χ4v) is 3.63. The number of carbonyl (C=O) groups is 2. The molecule has 3 heterocycles. The van der Waals surface area contributed by atoms with Gasteiger partial charge in [0.15, 0.2) is 0 Å². The van der Waals surface area contributed by atoms with Crippen LogP contribution in [0.3, 0.4) is 0 Å². The molecule has 0 radical (unpaired) electrons. The molecule has 10 heteroatoms. The Bertz CT molecular complexity index is 1480. The van der Waals surface area contributed by atoms with Gasteiger partial charge >= 0.3 is 5.97 Å². The molecule has 206 valence electrons. The molecule has 0 bridgehead atoms. The minimum atomic E-state index is -1.09. The standard InChI is InChI=1S/C16H15N5O3.C12H12N2.C2H6/c1-17-16-18-5-4-12(21-16)13-7-10-6-9(2-3-11(10)20-13)15(24)19-8-14(22)23;1-14(11-7-3-2-4-8-11)12-9-5-6-10-13-12;1-2/h2-7,20H,8H2,1H3,(H,19,24)(H,22,23)(H,17,18,21);2-10H,1H3;1-2H3. The number of carboxylic acid groups (broad SMARTS) is 1. The smallest absolute Gasteiger partial charge is 0.322 e. The number of aromatic amines is 1. The summed E-state index contributed by atoms with van der Waals surface area (Å²) in [6.07, 6.45) is 3.46. The highest BCUT2D eigenvalue weighted by molar-refractivity contribution is 5.99. The van der Waals surface area contributed by atoms with Gasteiger partial charge in [0.05, 0.1) is 11.4 Å². The fraction of sp³-hybridized carbons (Fsp3) is 0.167. The zero-order chi connectivity index (χ0) is 28.9. The maximum Gasteiger partial charge on any atom is 0.322 e. The van der Waals surface area contributed by atoms with E-state index in [4.69, 9.17) is 5.11 Å². The van der Waals surface area contributed by atoms with Gasteiger partial charge in [0.25, 0.3) is 5.91 Å². The predicted octanol–water partition coefficient (Wildman–Crippen LogP) is 5.36. The Labute approximate surface area is 233 Å². The molecule has 0 aliphatic heterocycles. The number of hydrogen-bond acceptors (Lipinski definition) is 7. The topological polar surface area (TPSA) is 136 Å². The van der Waals surface area contributed by atoms with Gasteiger partial charge in [-0.25, -0.2) is 15.0 Å². The summed E-state index contributed by atoms with van der Waals surface area (Å²) in [5.74, 6) is -0.0439. The molecule has 0 aliphatic rings. The average Bonchev–Trinajstić information content (AvgIpc) is 3.45. The van der Waals surface area contributed by atoms with Gasteiger partial charge in [-0.2, -0.15) is 0 Å². The Morgan fingerprint density at radius 2 is 1.68 bits per heavy atom. The lowest BCUT2D eigenvalue weighted by Gasteiger charge is -2.17. The van der Waals surface area contributed by atoms with E-state index in [0.29, 0.717) is 11.5 Å². The SMILES string of the molecule is CC.CN(c1ccccc1)c1ccccn1.CNc1nccc(-c2cc3cc(C(=O)NCC(=O)O)ccc3[nH]2)n1. The van der Waals surface area contributed by atoms with Crippen molar-refractivity contribution in [2.24, 2.45) is 0 Å². The van der Waals surface area contributed by atoms with Crippen molar-refractivity contribution >= 4 is 40.2 Å². The molecule has 0 atom stereocenters. The third kappa shape index (κ3) is 7.87. The Kier molecular flexibility index (Phi) is 10.7. The summed E-state index contributed by atoms with van der Waals surface area (Å²) in [5.41, 5.74) is 3.91. The first-order valence-electron chi connectivity index (χ1n) is 12.8. The number of aliphatic carboxylic acids is 1. The number of para-hydroxylation sites is 1. The first-order chi connectivity index (χ1) is 19.4. The van der Waals surface area contributed by atoms with E-state index in [9.17, 15) is 9.59 Å². The summed E-state index contributed by atoms with van der Waals surface area (Å²) < 4.78 is 0. The molecule has 0 unspecified atom stereocenters. The molecule has 1 amide bonds. The lowest BCUT2D eigenvalue weighted by molar-refractivity contribution is -0.135. The molecular weight excluding hydrogens is 506 g/mol.